The van der Waals surface area contributed by atoms with Crippen LogP contribution >= 0.6 is 11.8 Å². The van der Waals surface area contributed by atoms with Crippen molar-refractivity contribution in [3.63, 3.8) is 0 Å². The topological polar surface area (TPSA) is 72.5 Å². The minimum Gasteiger partial charge on any atom is -0.480 e. The molecule has 0 heterocycles. The van der Waals surface area contributed by atoms with Crippen LogP contribution in [0.1, 0.15) is 0 Å². The highest BCUT2D eigenvalue weighted by atomic mass is 32.2. The molecular weight excluding hydrogens is 223 g/mol. The summed E-state index contributed by atoms with van der Waals surface area (Å²) >= 11 is 0.902. The van der Waals surface area contributed by atoms with Gasteiger partial charge in [-0.1, -0.05) is 0 Å². The summed E-state index contributed by atoms with van der Waals surface area (Å²) in [6, 6.07) is -1.07. The van der Waals surface area contributed by atoms with E-state index >= 15 is 0 Å². The van der Waals surface area contributed by atoms with Crippen LogP contribution in [0.25, 0.3) is 0 Å². The van der Waals surface area contributed by atoms with Crippen molar-refractivity contribution in [2.75, 3.05) is 18.3 Å². The average Bonchev–Trinajstić information content (AvgIpc) is 2.01. The largest absolute Gasteiger partial charge is 0.480 e. The molecule has 84 valence electrons. The van der Waals surface area contributed by atoms with Crippen LogP contribution in [0.3, 0.4) is 0 Å². The van der Waals surface area contributed by atoms with Crippen molar-refractivity contribution in [2.24, 2.45) is 5.73 Å². The minimum absolute atomic E-state index is 0.0210. The number of hydrogen-bond donors (Lipinski definition) is 2. The Morgan fingerprint density at radius 3 is 2.57 bits per heavy atom. The first-order valence-corrected chi connectivity index (χ1v) is 4.69. The molecule has 0 radical (unpaired) electrons. The van der Waals surface area contributed by atoms with Gasteiger partial charge in [0.1, 0.15) is 12.6 Å². The summed E-state index contributed by atoms with van der Waals surface area (Å²) in [6.07, 6.45) is -4.35. The Balaban J connectivity index is 3.35. The fourth-order valence-electron chi connectivity index (χ4n) is 0.463. The Bertz CT molecular complexity index is 188. The van der Waals surface area contributed by atoms with Gasteiger partial charge in [0.25, 0.3) is 0 Å². The van der Waals surface area contributed by atoms with E-state index in [9.17, 15) is 18.0 Å². The van der Waals surface area contributed by atoms with Gasteiger partial charge >= 0.3 is 12.1 Å². The Labute approximate surface area is 82.6 Å². The van der Waals surface area contributed by atoms with E-state index in [2.05, 4.69) is 4.74 Å². The van der Waals surface area contributed by atoms with E-state index < -0.39 is 24.8 Å². The van der Waals surface area contributed by atoms with Gasteiger partial charge in [0.2, 0.25) is 0 Å². The highest BCUT2D eigenvalue weighted by molar-refractivity contribution is 7.99. The van der Waals surface area contributed by atoms with Crippen LogP contribution in [0.2, 0.25) is 0 Å². The third-order valence-corrected chi connectivity index (χ3v) is 1.98. The van der Waals surface area contributed by atoms with Gasteiger partial charge in [0.05, 0.1) is 5.94 Å². The van der Waals surface area contributed by atoms with E-state index in [0.29, 0.717) is 0 Å². The summed E-state index contributed by atoms with van der Waals surface area (Å²) in [7, 11) is 0. The number of rotatable bonds is 6. The lowest BCUT2D eigenvalue weighted by molar-refractivity contribution is -0.168. The molecular formula is C6H10F3NO3S. The predicted molar refractivity (Wildman–Crippen MR) is 44.9 cm³/mol. The molecule has 0 aromatic rings. The number of hydrogen-bond acceptors (Lipinski definition) is 4. The van der Waals surface area contributed by atoms with E-state index in [-0.39, 0.29) is 11.7 Å². The molecule has 0 aliphatic rings. The summed E-state index contributed by atoms with van der Waals surface area (Å²) in [5, 5.41) is 8.31. The first-order valence-electron chi connectivity index (χ1n) is 3.53. The van der Waals surface area contributed by atoms with Gasteiger partial charge < -0.3 is 15.6 Å². The quantitative estimate of drug-likeness (QED) is 0.521. The maximum atomic E-state index is 11.5. The molecule has 0 spiro atoms. The van der Waals surface area contributed by atoms with Crippen molar-refractivity contribution in [3.05, 3.63) is 0 Å². The van der Waals surface area contributed by atoms with Gasteiger partial charge in [-0.25, -0.2) is 0 Å². The smallest absolute Gasteiger partial charge is 0.411 e. The normalized spacial score (nSPS) is 14.0. The van der Waals surface area contributed by atoms with E-state index in [1.54, 1.807) is 0 Å². The number of thioether (sulfide) groups is 1. The minimum atomic E-state index is -4.35. The van der Waals surface area contributed by atoms with Crippen LogP contribution in [0.4, 0.5) is 13.2 Å². The number of ether oxygens (including phenoxy) is 1. The first kappa shape index (κ1) is 13.5. The lowest BCUT2D eigenvalue weighted by Gasteiger charge is -2.08. The summed E-state index contributed by atoms with van der Waals surface area (Å²) < 4.78 is 38.8. The number of halogens is 3. The summed E-state index contributed by atoms with van der Waals surface area (Å²) in [6.45, 7) is -1.33. The molecule has 0 fully saturated rings. The molecule has 0 saturated carbocycles. The lowest BCUT2D eigenvalue weighted by Crippen LogP contribution is -2.32. The summed E-state index contributed by atoms with van der Waals surface area (Å²) in [5.41, 5.74) is 5.09. The Hall–Kier alpha value is -0.470. The van der Waals surface area contributed by atoms with Gasteiger partial charge in [-0.05, 0) is 0 Å². The third-order valence-electron chi connectivity index (χ3n) is 1.05. The van der Waals surface area contributed by atoms with E-state index in [4.69, 9.17) is 10.8 Å². The summed E-state index contributed by atoms with van der Waals surface area (Å²) in [4.78, 5) is 10.2. The Morgan fingerprint density at radius 2 is 2.14 bits per heavy atom. The average molecular weight is 233 g/mol. The van der Waals surface area contributed by atoms with Gasteiger partial charge in [0, 0.05) is 5.75 Å². The van der Waals surface area contributed by atoms with E-state index in [1.165, 1.54) is 0 Å². The number of carbonyl (C=O) groups is 1. The van der Waals surface area contributed by atoms with Gasteiger partial charge in [-0.15, -0.1) is 11.8 Å². The van der Waals surface area contributed by atoms with Gasteiger partial charge in [-0.2, -0.15) is 13.2 Å². The highest BCUT2D eigenvalue weighted by Crippen LogP contribution is 2.15. The van der Waals surface area contributed by atoms with Crippen molar-refractivity contribution >= 4 is 17.7 Å². The molecule has 8 heteroatoms. The second kappa shape index (κ2) is 6.10. The highest BCUT2D eigenvalue weighted by Gasteiger charge is 2.27. The third kappa shape index (κ3) is 8.14. The SMILES string of the molecule is N[C@@H](CSCOCC(F)(F)F)C(=O)O. The fraction of sp³-hybridized carbons (Fsp3) is 0.833. The van der Waals surface area contributed by atoms with Crippen molar-refractivity contribution in [2.45, 2.75) is 12.2 Å². The zero-order valence-electron chi connectivity index (χ0n) is 7.08. The van der Waals surface area contributed by atoms with E-state index in [0.717, 1.165) is 11.8 Å². The van der Waals surface area contributed by atoms with Gasteiger partial charge in [-0.3, -0.25) is 4.79 Å². The molecule has 3 N–H and O–H groups in total. The second-order valence-corrected chi connectivity index (χ2v) is 3.37. The molecule has 0 unspecified atom stereocenters. The van der Waals surface area contributed by atoms with Gasteiger partial charge in [0.15, 0.2) is 0 Å². The van der Waals surface area contributed by atoms with Crippen LogP contribution in [0.5, 0.6) is 0 Å². The fourth-order valence-corrected chi connectivity index (χ4v) is 1.16. The molecule has 0 aromatic heterocycles. The van der Waals surface area contributed by atoms with Crippen molar-refractivity contribution < 1.29 is 27.8 Å². The number of alkyl halides is 3. The van der Waals surface area contributed by atoms with Crippen molar-refractivity contribution in [1.29, 1.82) is 0 Å². The molecule has 1 atom stereocenters. The zero-order valence-corrected chi connectivity index (χ0v) is 7.90. The van der Waals surface area contributed by atoms with Crippen LogP contribution in [0.15, 0.2) is 0 Å². The molecule has 0 bridgehead atoms. The predicted octanol–water partition coefficient (Wildman–Crippen LogP) is 0.668. The molecule has 0 amide bonds. The van der Waals surface area contributed by atoms with Crippen LogP contribution in [0, 0.1) is 0 Å². The van der Waals surface area contributed by atoms with E-state index in [1.807, 2.05) is 0 Å². The Kier molecular flexibility index (Phi) is 5.89. The van der Waals surface area contributed by atoms with Crippen molar-refractivity contribution in [1.82, 2.24) is 0 Å². The molecule has 0 aliphatic carbocycles. The maximum absolute atomic E-state index is 11.5. The number of carboxylic acids is 1. The van der Waals surface area contributed by atoms with Crippen LogP contribution in [-0.4, -0.2) is 41.6 Å². The van der Waals surface area contributed by atoms with Crippen LogP contribution in [-0.2, 0) is 9.53 Å². The standard InChI is InChI=1S/C6H10F3NO3S/c7-6(8,9)2-13-3-14-1-4(10)5(11)12/h4H,1-3,10H2,(H,11,12)/t4-/m0/s1. The first-order chi connectivity index (χ1) is 6.33. The summed E-state index contributed by atoms with van der Waals surface area (Å²) in [5.74, 6) is -1.39. The van der Waals surface area contributed by atoms with Crippen LogP contribution < -0.4 is 5.73 Å². The zero-order chi connectivity index (χ0) is 11.2. The molecule has 14 heavy (non-hydrogen) atoms. The number of nitrogens with two attached hydrogens (primary N) is 1. The molecule has 0 aliphatic heterocycles. The Morgan fingerprint density at radius 1 is 1.57 bits per heavy atom. The molecule has 4 nitrogen and oxygen atoms in total. The number of aliphatic carboxylic acids is 1. The maximum Gasteiger partial charge on any atom is 0.411 e. The second-order valence-electron chi connectivity index (χ2n) is 2.40. The molecule has 0 rings (SSSR count). The molecule has 0 aromatic carbocycles. The molecule has 0 saturated heterocycles. The lowest BCUT2D eigenvalue weighted by atomic mass is 10.4. The van der Waals surface area contributed by atoms with Crippen molar-refractivity contribution in [3.8, 4) is 0 Å². The monoisotopic (exact) mass is 233 g/mol. The number of carboxylic acid groups (broad SMARTS) is 1.